The summed E-state index contributed by atoms with van der Waals surface area (Å²) < 4.78 is 0. The van der Waals surface area contributed by atoms with E-state index in [4.69, 9.17) is 0 Å². The minimum atomic E-state index is -0.0155. The number of carbonyl (C=O) groups excluding carboxylic acids is 1. The summed E-state index contributed by atoms with van der Waals surface area (Å²) in [5, 5.41) is 4.52. The number of benzene rings is 1. The van der Waals surface area contributed by atoms with E-state index in [9.17, 15) is 4.79 Å². The molecule has 0 bridgehead atoms. The third-order valence-corrected chi connectivity index (χ3v) is 5.22. The summed E-state index contributed by atoms with van der Waals surface area (Å²) in [6.07, 6.45) is 2.90. The highest BCUT2D eigenvalue weighted by atomic mass is 16.2. The summed E-state index contributed by atoms with van der Waals surface area (Å²) in [4.78, 5) is 29.1. The normalized spacial score (nSPS) is 15.1. The SMILES string of the molecule is Cc1cc(C(=O)N2CCN(C)CC2)nc(NCCc2c[nH]c3ccccc23)n1. The number of para-hydroxylation sites is 1. The van der Waals surface area contributed by atoms with Crippen molar-refractivity contribution in [2.45, 2.75) is 13.3 Å². The second kappa shape index (κ2) is 7.98. The lowest BCUT2D eigenvalue weighted by atomic mass is 10.1. The Labute approximate surface area is 164 Å². The zero-order valence-electron chi connectivity index (χ0n) is 16.4. The standard InChI is InChI=1S/C21H26N6O/c1-15-13-19(20(28)27-11-9-26(2)10-12-27)25-21(24-15)22-8-7-16-14-23-18-6-4-3-5-17(16)18/h3-6,13-14,23H,7-12H2,1-2H3,(H,22,24,25). The molecule has 0 unspecified atom stereocenters. The molecule has 2 N–H and O–H groups in total. The molecule has 0 radical (unpaired) electrons. The van der Waals surface area contributed by atoms with Crippen LogP contribution >= 0.6 is 0 Å². The number of fused-ring (bicyclic) bond motifs is 1. The zero-order valence-corrected chi connectivity index (χ0v) is 16.4. The first kappa shape index (κ1) is 18.4. The first-order valence-electron chi connectivity index (χ1n) is 9.72. The molecular formula is C21H26N6O. The van der Waals surface area contributed by atoms with Gasteiger partial charge in [-0.05, 0) is 38.1 Å². The molecule has 0 saturated carbocycles. The molecule has 1 amide bonds. The molecule has 7 heteroatoms. The molecule has 0 aliphatic carbocycles. The van der Waals surface area contributed by atoms with Crippen LogP contribution in [0.15, 0.2) is 36.5 Å². The van der Waals surface area contributed by atoms with Crippen LogP contribution in [0.3, 0.4) is 0 Å². The van der Waals surface area contributed by atoms with E-state index in [1.54, 1.807) is 6.07 Å². The van der Waals surface area contributed by atoms with Crippen molar-refractivity contribution in [1.82, 2.24) is 24.8 Å². The summed E-state index contributed by atoms with van der Waals surface area (Å²) in [6.45, 7) is 5.86. The van der Waals surface area contributed by atoms with Gasteiger partial charge in [0.25, 0.3) is 5.91 Å². The van der Waals surface area contributed by atoms with Gasteiger partial charge in [-0.3, -0.25) is 4.79 Å². The zero-order chi connectivity index (χ0) is 19.5. The topological polar surface area (TPSA) is 77.2 Å². The average molecular weight is 378 g/mol. The second-order valence-electron chi connectivity index (χ2n) is 7.35. The van der Waals surface area contributed by atoms with Gasteiger partial charge in [0.2, 0.25) is 5.95 Å². The Hall–Kier alpha value is -2.93. The van der Waals surface area contributed by atoms with Crippen molar-refractivity contribution in [3.8, 4) is 0 Å². The van der Waals surface area contributed by atoms with Gasteiger partial charge in [-0.25, -0.2) is 9.97 Å². The van der Waals surface area contributed by atoms with E-state index in [0.29, 0.717) is 18.2 Å². The Morgan fingerprint density at radius 1 is 1.18 bits per heavy atom. The average Bonchev–Trinajstić information content (AvgIpc) is 3.11. The highest BCUT2D eigenvalue weighted by molar-refractivity contribution is 5.92. The van der Waals surface area contributed by atoms with E-state index >= 15 is 0 Å². The first-order valence-corrected chi connectivity index (χ1v) is 9.72. The van der Waals surface area contributed by atoms with Crippen LogP contribution in [-0.4, -0.2) is 70.4 Å². The van der Waals surface area contributed by atoms with E-state index in [2.05, 4.69) is 44.3 Å². The van der Waals surface area contributed by atoms with Gasteiger partial charge in [0.15, 0.2) is 0 Å². The summed E-state index contributed by atoms with van der Waals surface area (Å²) in [5.41, 5.74) is 3.66. The van der Waals surface area contributed by atoms with Crippen molar-refractivity contribution in [3.63, 3.8) is 0 Å². The van der Waals surface area contributed by atoms with Gasteiger partial charge in [-0.1, -0.05) is 18.2 Å². The molecule has 7 nitrogen and oxygen atoms in total. The maximum Gasteiger partial charge on any atom is 0.272 e. The number of nitrogens with one attached hydrogen (secondary N) is 2. The van der Waals surface area contributed by atoms with Gasteiger partial charge >= 0.3 is 0 Å². The Morgan fingerprint density at radius 3 is 2.79 bits per heavy atom. The molecule has 2 aromatic heterocycles. The van der Waals surface area contributed by atoms with Gasteiger partial charge in [0.05, 0.1) is 0 Å². The van der Waals surface area contributed by atoms with Gasteiger partial charge in [0, 0.05) is 55.5 Å². The number of likely N-dealkylation sites (N-methyl/N-ethyl adjacent to an activating group) is 1. The number of aromatic nitrogens is 3. The van der Waals surface area contributed by atoms with Crippen molar-refractivity contribution >= 4 is 22.8 Å². The van der Waals surface area contributed by atoms with Crippen LogP contribution in [0.5, 0.6) is 0 Å². The maximum absolute atomic E-state index is 12.8. The quantitative estimate of drug-likeness (QED) is 0.712. The van der Waals surface area contributed by atoms with Crippen LogP contribution in [0.25, 0.3) is 10.9 Å². The molecule has 146 valence electrons. The third kappa shape index (κ3) is 3.99. The molecule has 1 aliphatic heterocycles. The van der Waals surface area contributed by atoms with Gasteiger partial charge in [-0.2, -0.15) is 0 Å². The number of amides is 1. The van der Waals surface area contributed by atoms with Gasteiger partial charge < -0.3 is 20.1 Å². The predicted molar refractivity (Wildman–Crippen MR) is 111 cm³/mol. The van der Waals surface area contributed by atoms with Crippen LogP contribution in [0.4, 0.5) is 5.95 Å². The molecular weight excluding hydrogens is 352 g/mol. The first-order chi connectivity index (χ1) is 13.6. The number of anilines is 1. The lowest BCUT2D eigenvalue weighted by Gasteiger charge is -2.32. The molecule has 1 fully saturated rings. The highest BCUT2D eigenvalue weighted by Crippen LogP contribution is 2.18. The molecule has 1 saturated heterocycles. The molecule has 3 heterocycles. The van der Waals surface area contributed by atoms with Crippen LogP contribution in [0, 0.1) is 6.92 Å². The summed E-state index contributed by atoms with van der Waals surface area (Å²) in [6, 6.07) is 10.0. The fraction of sp³-hybridized carbons (Fsp3) is 0.381. The number of carbonyl (C=O) groups is 1. The van der Waals surface area contributed by atoms with E-state index in [0.717, 1.165) is 43.8 Å². The molecule has 28 heavy (non-hydrogen) atoms. The molecule has 3 aromatic rings. The number of hydrogen-bond acceptors (Lipinski definition) is 5. The van der Waals surface area contributed by atoms with E-state index < -0.39 is 0 Å². The minimum absolute atomic E-state index is 0.0155. The van der Waals surface area contributed by atoms with Crippen molar-refractivity contribution in [2.24, 2.45) is 0 Å². The monoisotopic (exact) mass is 378 g/mol. The number of piperazine rings is 1. The Morgan fingerprint density at radius 2 is 1.96 bits per heavy atom. The highest BCUT2D eigenvalue weighted by Gasteiger charge is 2.22. The van der Waals surface area contributed by atoms with E-state index in [-0.39, 0.29) is 5.91 Å². The summed E-state index contributed by atoms with van der Waals surface area (Å²) in [7, 11) is 2.08. The van der Waals surface area contributed by atoms with Crippen molar-refractivity contribution in [3.05, 3.63) is 53.5 Å². The number of H-pyrrole nitrogens is 1. The minimum Gasteiger partial charge on any atom is -0.361 e. The molecule has 1 aliphatic rings. The lowest BCUT2D eigenvalue weighted by Crippen LogP contribution is -2.47. The molecule has 4 rings (SSSR count). The fourth-order valence-electron chi connectivity index (χ4n) is 3.58. The second-order valence-corrected chi connectivity index (χ2v) is 7.35. The number of hydrogen-bond donors (Lipinski definition) is 2. The van der Waals surface area contributed by atoms with Crippen molar-refractivity contribution in [1.29, 1.82) is 0 Å². The number of nitrogens with zero attached hydrogens (tertiary/aromatic N) is 4. The molecule has 0 atom stereocenters. The Bertz CT molecular complexity index is 974. The number of rotatable bonds is 5. The molecule has 0 spiro atoms. The molecule has 1 aromatic carbocycles. The fourth-order valence-corrected chi connectivity index (χ4v) is 3.58. The van der Waals surface area contributed by atoms with E-state index in [1.165, 1.54) is 10.9 Å². The Kier molecular flexibility index (Phi) is 5.25. The number of aromatic amines is 1. The lowest BCUT2D eigenvalue weighted by molar-refractivity contribution is 0.0658. The summed E-state index contributed by atoms with van der Waals surface area (Å²) >= 11 is 0. The Balaban J connectivity index is 1.41. The van der Waals surface area contributed by atoms with Crippen LogP contribution in [-0.2, 0) is 6.42 Å². The number of aryl methyl sites for hydroxylation is 1. The third-order valence-electron chi connectivity index (χ3n) is 5.22. The van der Waals surface area contributed by atoms with Gasteiger partial charge in [-0.15, -0.1) is 0 Å². The van der Waals surface area contributed by atoms with Crippen LogP contribution in [0.2, 0.25) is 0 Å². The van der Waals surface area contributed by atoms with Crippen molar-refractivity contribution < 1.29 is 4.79 Å². The predicted octanol–water partition coefficient (Wildman–Crippen LogP) is 2.31. The van der Waals surface area contributed by atoms with Gasteiger partial charge in [0.1, 0.15) is 5.69 Å². The largest absolute Gasteiger partial charge is 0.361 e. The maximum atomic E-state index is 12.8. The van der Waals surface area contributed by atoms with Crippen LogP contribution in [0.1, 0.15) is 21.7 Å². The van der Waals surface area contributed by atoms with Crippen molar-refractivity contribution in [2.75, 3.05) is 45.1 Å². The summed E-state index contributed by atoms with van der Waals surface area (Å²) in [5.74, 6) is 0.496. The van der Waals surface area contributed by atoms with E-state index in [1.807, 2.05) is 30.2 Å². The smallest absolute Gasteiger partial charge is 0.272 e. The van der Waals surface area contributed by atoms with Crippen LogP contribution < -0.4 is 5.32 Å².